The Morgan fingerprint density at radius 2 is 2.09 bits per heavy atom. The molecular weight excluding hydrogens is 314 g/mol. The van der Waals surface area contributed by atoms with E-state index in [1.807, 2.05) is 24.3 Å². The molecule has 0 saturated carbocycles. The standard InChI is InChI=1S/C14H9N7OS/c22-13(14-19-9-3-1-2-4-10(9)23-14)20-11-5-12(17-7-16-11)21-8-15-6-18-21/h1-8H,(H,16,17,20,22). The fourth-order valence-corrected chi connectivity index (χ4v) is 2.87. The molecule has 4 aromatic rings. The predicted molar refractivity (Wildman–Crippen MR) is 84.5 cm³/mol. The second-order valence-corrected chi connectivity index (χ2v) is 5.57. The maximum atomic E-state index is 12.3. The maximum Gasteiger partial charge on any atom is 0.285 e. The van der Waals surface area contributed by atoms with Gasteiger partial charge in [-0.1, -0.05) is 12.1 Å². The van der Waals surface area contributed by atoms with Crippen LogP contribution >= 0.6 is 11.3 Å². The van der Waals surface area contributed by atoms with Gasteiger partial charge in [0.15, 0.2) is 10.8 Å². The number of fused-ring (bicyclic) bond motifs is 1. The third-order valence-electron chi connectivity index (χ3n) is 3.04. The highest BCUT2D eigenvalue weighted by Crippen LogP contribution is 2.22. The summed E-state index contributed by atoms with van der Waals surface area (Å²) < 4.78 is 2.44. The van der Waals surface area contributed by atoms with Crippen LogP contribution in [0.4, 0.5) is 5.82 Å². The zero-order valence-corrected chi connectivity index (χ0v) is 12.4. The second-order valence-electron chi connectivity index (χ2n) is 4.54. The first-order valence-corrected chi connectivity index (χ1v) is 7.45. The van der Waals surface area contributed by atoms with E-state index in [2.05, 4.69) is 30.4 Å². The molecule has 0 unspecified atom stereocenters. The van der Waals surface area contributed by atoms with Crippen molar-refractivity contribution in [2.75, 3.05) is 5.32 Å². The first-order chi connectivity index (χ1) is 11.3. The Hall–Kier alpha value is -3.20. The van der Waals surface area contributed by atoms with Gasteiger partial charge in [0.05, 0.1) is 10.2 Å². The molecule has 9 heteroatoms. The van der Waals surface area contributed by atoms with Crippen LogP contribution in [0.2, 0.25) is 0 Å². The lowest BCUT2D eigenvalue weighted by Crippen LogP contribution is -2.13. The summed E-state index contributed by atoms with van der Waals surface area (Å²) in [6, 6.07) is 9.21. The average molecular weight is 323 g/mol. The molecule has 1 amide bonds. The van der Waals surface area contributed by atoms with E-state index in [0.29, 0.717) is 16.6 Å². The lowest BCUT2D eigenvalue weighted by atomic mass is 10.3. The van der Waals surface area contributed by atoms with E-state index in [-0.39, 0.29) is 5.91 Å². The largest absolute Gasteiger partial charge is 0.304 e. The molecule has 0 aliphatic rings. The number of aromatic nitrogens is 6. The molecule has 0 atom stereocenters. The van der Waals surface area contributed by atoms with Crippen molar-refractivity contribution in [3.05, 3.63) is 54.3 Å². The molecule has 3 heterocycles. The van der Waals surface area contributed by atoms with E-state index in [1.165, 1.54) is 35.0 Å². The van der Waals surface area contributed by atoms with Crippen LogP contribution in [0.3, 0.4) is 0 Å². The molecule has 23 heavy (non-hydrogen) atoms. The first kappa shape index (κ1) is 13.5. The molecule has 112 valence electrons. The Bertz CT molecular complexity index is 947. The van der Waals surface area contributed by atoms with Gasteiger partial charge in [-0.2, -0.15) is 5.10 Å². The number of thiazole rings is 1. The first-order valence-electron chi connectivity index (χ1n) is 6.63. The highest BCUT2D eigenvalue weighted by Gasteiger charge is 2.13. The van der Waals surface area contributed by atoms with Gasteiger partial charge < -0.3 is 5.32 Å². The monoisotopic (exact) mass is 323 g/mol. The van der Waals surface area contributed by atoms with E-state index in [9.17, 15) is 4.79 Å². The van der Waals surface area contributed by atoms with Crippen molar-refractivity contribution in [2.45, 2.75) is 0 Å². The minimum atomic E-state index is -0.311. The van der Waals surface area contributed by atoms with Crippen LogP contribution in [0.15, 0.2) is 49.3 Å². The molecule has 8 nitrogen and oxygen atoms in total. The number of carbonyl (C=O) groups excluding carboxylic acids is 1. The molecule has 3 aromatic heterocycles. The van der Waals surface area contributed by atoms with Crippen molar-refractivity contribution < 1.29 is 4.79 Å². The van der Waals surface area contributed by atoms with E-state index < -0.39 is 0 Å². The summed E-state index contributed by atoms with van der Waals surface area (Å²) in [4.78, 5) is 28.6. The summed E-state index contributed by atoms with van der Waals surface area (Å²) in [7, 11) is 0. The number of benzene rings is 1. The van der Waals surface area contributed by atoms with E-state index >= 15 is 0 Å². The van der Waals surface area contributed by atoms with E-state index in [0.717, 1.165) is 10.2 Å². The molecule has 1 aromatic carbocycles. The molecule has 0 radical (unpaired) electrons. The van der Waals surface area contributed by atoms with Gasteiger partial charge in [0.2, 0.25) is 0 Å². The van der Waals surface area contributed by atoms with Crippen molar-refractivity contribution in [1.82, 2.24) is 29.7 Å². The van der Waals surface area contributed by atoms with Crippen molar-refractivity contribution >= 4 is 33.3 Å². The minimum Gasteiger partial charge on any atom is -0.304 e. The third-order valence-corrected chi connectivity index (χ3v) is 4.07. The topological polar surface area (TPSA) is 98.5 Å². The van der Waals surface area contributed by atoms with Crippen LogP contribution in [0.5, 0.6) is 0 Å². The van der Waals surface area contributed by atoms with Gasteiger partial charge >= 0.3 is 0 Å². The van der Waals surface area contributed by atoms with Gasteiger partial charge in [-0.25, -0.2) is 24.6 Å². The van der Waals surface area contributed by atoms with Gasteiger partial charge in [-0.3, -0.25) is 4.79 Å². The van der Waals surface area contributed by atoms with Gasteiger partial charge in [-0.05, 0) is 12.1 Å². The summed E-state index contributed by atoms with van der Waals surface area (Å²) in [5.41, 5.74) is 0.800. The highest BCUT2D eigenvalue weighted by molar-refractivity contribution is 7.20. The molecule has 0 fully saturated rings. The number of nitrogens with zero attached hydrogens (tertiary/aromatic N) is 6. The van der Waals surface area contributed by atoms with Crippen LogP contribution < -0.4 is 5.32 Å². The van der Waals surface area contributed by atoms with Crippen molar-refractivity contribution in [1.29, 1.82) is 0 Å². The number of hydrogen-bond acceptors (Lipinski definition) is 7. The van der Waals surface area contributed by atoms with Crippen molar-refractivity contribution in [2.24, 2.45) is 0 Å². The number of anilines is 1. The molecule has 0 spiro atoms. The normalized spacial score (nSPS) is 10.8. The number of hydrogen-bond donors (Lipinski definition) is 1. The summed E-state index contributed by atoms with van der Waals surface area (Å²) >= 11 is 1.33. The zero-order valence-electron chi connectivity index (χ0n) is 11.6. The highest BCUT2D eigenvalue weighted by atomic mass is 32.1. The van der Waals surface area contributed by atoms with Gasteiger partial charge in [0.1, 0.15) is 24.8 Å². The van der Waals surface area contributed by atoms with Crippen LogP contribution in [0.25, 0.3) is 16.0 Å². The molecule has 0 bridgehead atoms. The summed E-state index contributed by atoms with van der Waals surface area (Å²) in [5.74, 6) is 0.571. The van der Waals surface area contributed by atoms with E-state index in [4.69, 9.17) is 0 Å². The number of rotatable bonds is 3. The number of nitrogens with one attached hydrogen (secondary N) is 1. The molecule has 1 N–H and O–H groups in total. The van der Waals surface area contributed by atoms with Crippen LogP contribution in [0, 0.1) is 0 Å². The van der Waals surface area contributed by atoms with Gasteiger partial charge in [0.25, 0.3) is 5.91 Å². The molecule has 4 rings (SSSR count). The van der Waals surface area contributed by atoms with Crippen molar-refractivity contribution in [3.63, 3.8) is 0 Å². The fourth-order valence-electron chi connectivity index (χ4n) is 2.01. The lowest BCUT2D eigenvalue weighted by Gasteiger charge is -2.03. The molecule has 0 aliphatic carbocycles. The summed E-state index contributed by atoms with van der Waals surface area (Å²) in [5, 5.41) is 7.09. The predicted octanol–water partition coefficient (Wildman–Crippen LogP) is 1.92. The molecule has 0 aliphatic heterocycles. The summed E-state index contributed by atoms with van der Waals surface area (Å²) in [6.07, 6.45) is 4.27. The Balaban J connectivity index is 1.60. The van der Waals surface area contributed by atoms with Crippen LogP contribution in [-0.4, -0.2) is 35.6 Å². The Morgan fingerprint density at radius 3 is 2.91 bits per heavy atom. The van der Waals surface area contributed by atoms with Crippen molar-refractivity contribution in [3.8, 4) is 5.82 Å². The van der Waals surface area contributed by atoms with E-state index in [1.54, 1.807) is 6.07 Å². The molecule has 0 saturated heterocycles. The Kier molecular flexibility index (Phi) is 3.24. The SMILES string of the molecule is O=C(Nc1cc(-n2cncn2)ncn1)c1nc2ccccc2s1. The Morgan fingerprint density at radius 1 is 1.17 bits per heavy atom. The average Bonchev–Trinajstić information content (AvgIpc) is 3.24. The minimum absolute atomic E-state index is 0.311. The van der Waals surface area contributed by atoms with Crippen LogP contribution in [0.1, 0.15) is 9.80 Å². The maximum absolute atomic E-state index is 12.3. The zero-order chi connectivity index (χ0) is 15.6. The lowest BCUT2D eigenvalue weighted by molar-refractivity contribution is 0.102. The number of carbonyl (C=O) groups is 1. The quantitative estimate of drug-likeness (QED) is 0.618. The third kappa shape index (κ3) is 2.64. The Labute approximate surface area is 133 Å². The number of para-hydroxylation sites is 1. The number of amides is 1. The second kappa shape index (κ2) is 5.54. The van der Waals surface area contributed by atoms with Gasteiger partial charge in [-0.15, -0.1) is 11.3 Å². The van der Waals surface area contributed by atoms with Crippen LogP contribution in [-0.2, 0) is 0 Å². The smallest absolute Gasteiger partial charge is 0.285 e. The fraction of sp³-hybridized carbons (Fsp3) is 0. The molecular formula is C14H9N7OS. The van der Waals surface area contributed by atoms with Gasteiger partial charge in [0, 0.05) is 6.07 Å². The summed E-state index contributed by atoms with van der Waals surface area (Å²) in [6.45, 7) is 0.